The fraction of sp³-hybridized carbons (Fsp3) is 0.368. The summed E-state index contributed by atoms with van der Waals surface area (Å²) in [6, 6.07) is 4.11. The van der Waals surface area contributed by atoms with Crippen molar-refractivity contribution in [2.45, 2.75) is 25.1 Å². The molecule has 3 rings (SSSR count). The number of hydrogen-bond acceptors (Lipinski definition) is 5. The van der Waals surface area contributed by atoms with Gasteiger partial charge in [-0.15, -0.1) is 0 Å². The lowest BCUT2D eigenvalue weighted by Gasteiger charge is -2.27. The van der Waals surface area contributed by atoms with E-state index in [2.05, 4.69) is 9.97 Å². The van der Waals surface area contributed by atoms with Crippen LogP contribution in [0.3, 0.4) is 0 Å². The van der Waals surface area contributed by atoms with Crippen LogP contribution in [0.1, 0.15) is 23.2 Å². The molecule has 0 amide bonds. The molecular weight excluding hydrogens is 395 g/mol. The molecule has 28 heavy (non-hydrogen) atoms. The third-order valence-electron chi connectivity index (χ3n) is 4.49. The van der Waals surface area contributed by atoms with E-state index >= 15 is 0 Å². The Labute approximate surface area is 165 Å². The van der Waals surface area contributed by atoms with Gasteiger partial charge in [0.1, 0.15) is 5.82 Å². The van der Waals surface area contributed by atoms with Crippen LogP contribution in [0.25, 0.3) is 5.57 Å². The molecule has 3 heterocycles. The zero-order valence-electron chi connectivity index (χ0n) is 14.8. The summed E-state index contributed by atoms with van der Waals surface area (Å²) in [6.07, 6.45) is 0.00501. The Balaban J connectivity index is 1.70. The van der Waals surface area contributed by atoms with Crippen molar-refractivity contribution in [1.82, 2.24) is 9.97 Å². The zero-order valence-corrected chi connectivity index (χ0v) is 15.6. The largest absolute Gasteiger partial charge is 0.417 e. The van der Waals surface area contributed by atoms with Gasteiger partial charge in [0.25, 0.3) is 0 Å². The molecule has 1 atom stereocenters. The van der Waals surface area contributed by atoms with Gasteiger partial charge in [0, 0.05) is 31.9 Å². The molecule has 150 valence electrons. The van der Waals surface area contributed by atoms with Gasteiger partial charge in [-0.3, -0.25) is 4.98 Å². The normalized spacial score (nSPS) is 16.1. The first kappa shape index (κ1) is 20.6. The molecule has 2 N–H and O–H groups in total. The van der Waals surface area contributed by atoms with Gasteiger partial charge in [0.15, 0.2) is 0 Å². The molecule has 0 spiro atoms. The number of nitrogens with zero attached hydrogens (tertiary/aromatic N) is 3. The molecule has 2 aromatic heterocycles. The van der Waals surface area contributed by atoms with E-state index in [1.807, 2.05) is 11.0 Å². The van der Waals surface area contributed by atoms with Gasteiger partial charge >= 0.3 is 6.18 Å². The minimum atomic E-state index is -4.40. The number of aromatic nitrogens is 2. The summed E-state index contributed by atoms with van der Waals surface area (Å²) < 4.78 is 37.9. The molecular formula is C19H19ClF3N3O2. The van der Waals surface area contributed by atoms with Crippen molar-refractivity contribution in [2.75, 3.05) is 24.6 Å². The summed E-state index contributed by atoms with van der Waals surface area (Å²) in [5.74, 6) is 0.482. The molecule has 1 aliphatic heterocycles. The minimum Gasteiger partial charge on any atom is -0.394 e. The van der Waals surface area contributed by atoms with Crippen molar-refractivity contribution >= 4 is 23.0 Å². The third kappa shape index (κ3) is 4.81. The van der Waals surface area contributed by atoms with Gasteiger partial charge in [-0.25, -0.2) is 4.98 Å². The van der Waals surface area contributed by atoms with Crippen LogP contribution in [0.2, 0.25) is 5.02 Å². The topological polar surface area (TPSA) is 69.5 Å². The number of alkyl halides is 3. The van der Waals surface area contributed by atoms with Crippen LogP contribution in [0.5, 0.6) is 0 Å². The Morgan fingerprint density at radius 2 is 2.00 bits per heavy atom. The maximum absolute atomic E-state index is 12.6. The Morgan fingerprint density at radius 3 is 2.54 bits per heavy atom. The summed E-state index contributed by atoms with van der Waals surface area (Å²) in [7, 11) is 0. The molecule has 5 nitrogen and oxygen atoms in total. The standard InChI is InChI=1S/C19H19ClF3N3O2/c20-16-8-12(7-15(28)11-27)9-25-18(16)13-3-5-26(6-4-13)17-2-1-14(10-24-17)19(21,22)23/h1-3,8-10,15,27-28H,4-7,11H2. The number of aliphatic hydroxyl groups excluding tert-OH is 2. The second kappa shape index (κ2) is 8.46. The Morgan fingerprint density at radius 1 is 1.21 bits per heavy atom. The van der Waals surface area contributed by atoms with Crippen molar-refractivity contribution in [3.05, 3.63) is 58.5 Å². The van der Waals surface area contributed by atoms with E-state index in [0.717, 1.165) is 23.4 Å². The van der Waals surface area contributed by atoms with Crippen molar-refractivity contribution in [3.8, 4) is 0 Å². The van der Waals surface area contributed by atoms with Crippen LogP contribution in [-0.2, 0) is 12.6 Å². The molecule has 0 aliphatic carbocycles. The highest BCUT2D eigenvalue weighted by atomic mass is 35.5. The fourth-order valence-electron chi connectivity index (χ4n) is 3.00. The minimum absolute atomic E-state index is 0.260. The summed E-state index contributed by atoms with van der Waals surface area (Å²) >= 11 is 6.32. The monoisotopic (exact) mass is 413 g/mol. The summed E-state index contributed by atoms with van der Waals surface area (Å²) in [4.78, 5) is 10.2. The van der Waals surface area contributed by atoms with E-state index in [-0.39, 0.29) is 13.0 Å². The van der Waals surface area contributed by atoms with Crippen LogP contribution < -0.4 is 4.90 Å². The average Bonchev–Trinajstić information content (AvgIpc) is 2.68. The summed E-state index contributed by atoms with van der Waals surface area (Å²) in [6.45, 7) is 0.724. The first-order valence-electron chi connectivity index (χ1n) is 8.69. The van der Waals surface area contributed by atoms with Crippen LogP contribution in [0.15, 0.2) is 36.7 Å². The van der Waals surface area contributed by atoms with Gasteiger partial charge in [0.2, 0.25) is 0 Å². The number of pyridine rings is 2. The van der Waals surface area contributed by atoms with Crippen LogP contribution in [0, 0.1) is 0 Å². The van der Waals surface area contributed by atoms with Crippen LogP contribution in [0.4, 0.5) is 19.0 Å². The number of anilines is 1. The molecule has 9 heteroatoms. The van der Waals surface area contributed by atoms with Crippen molar-refractivity contribution < 1.29 is 23.4 Å². The molecule has 0 saturated heterocycles. The van der Waals surface area contributed by atoms with Crippen molar-refractivity contribution in [3.63, 3.8) is 0 Å². The quantitative estimate of drug-likeness (QED) is 0.786. The van der Waals surface area contributed by atoms with Gasteiger partial charge in [-0.05, 0) is 35.8 Å². The van der Waals surface area contributed by atoms with E-state index in [4.69, 9.17) is 16.7 Å². The zero-order chi connectivity index (χ0) is 20.3. The SMILES string of the molecule is OCC(O)Cc1cnc(C2=CCN(c3ccc(C(F)(F)F)cn3)CC2)c(Cl)c1. The maximum atomic E-state index is 12.6. The Bertz CT molecular complexity index is 856. The molecule has 0 bridgehead atoms. The molecule has 0 radical (unpaired) electrons. The number of hydrogen-bond donors (Lipinski definition) is 2. The predicted octanol–water partition coefficient (Wildman–Crippen LogP) is 3.34. The van der Waals surface area contributed by atoms with E-state index in [0.29, 0.717) is 36.0 Å². The number of aliphatic hydroxyl groups is 2. The van der Waals surface area contributed by atoms with E-state index in [1.165, 1.54) is 6.07 Å². The highest BCUT2D eigenvalue weighted by molar-refractivity contribution is 6.32. The fourth-order valence-corrected chi connectivity index (χ4v) is 3.31. The molecule has 0 aromatic carbocycles. The summed E-state index contributed by atoms with van der Waals surface area (Å²) in [5.41, 5.74) is 1.54. The molecule has 1 unspecified atom stereocenters. The molecule has 2 aromatic rings. The van der Waals surface area contributed by atoms with Crippen LogP contribution >= 0.6 is 11.6 Å². The lowest BCUT2D eigenvalue weighted by atomic mass is 10.0. The second-order valence-electron chi connectivity index (χ2n) is 6.54. The van der Waals surface area contributed by atoms with Gasteiger partial charge in [-0.2, -0.15) is 13.2 Å². The Hall–Kier alpha value is -2.16. The van der Waals surface area contributed by atoms with Gasteiger partial charge < -0.3 is 15.1 Å². The highest BCUT2D eigenvalue weighted by Crippen LogP contribution is 2.31. The lowest BCUT2D eigenvalue weighted by molar-refractivity contribution is -0.137. The predicted molar refractivity (Wildman–Crippen MR) is 100 cm³/mol. The van der Waals surface area contributed by atoms with E-state index in [1.54, 1.807) is 12.3 Å². The van der Waals surface area contributed by atoms with Gasteiger partial charge in [0.05, 0.1) is 29.0 Å². The number of rotatable bonds is 5. The van der Waals surface area contributed by atoms with Crippen molar-refractivity contribution in [2.24, 2.45) is 0 Å². The molecule has 0 fully saturated rings. The molecule has 1 aliphatic rings. The smallest absolute Gasteiger partial charge is 0.394 e. The van der Waals surface area contributed by atoms with E-state index < -0.39 is 17.8 Å². The lowest BCUT2D eigenvalue weighted by Crippen LogP contribution is -2.29. The number of halogens is 4. The average molecular weight is 414 g/mol. The first-order chi connectivity index (χ1) is 13.3. The van der Waals surface area contributed by atoms with Crippen molar-refractivity contribution in [1.29, 1.82) is 0 Å². The highest BCUT2D eigenvalue weighted by Gasteiger charge is 2.31. The second-order valence-corrected chi connectivity index (χ2v) is 6.95. The Kier molecular flexibility index (Phi) is 6.22. The first-order valence-corrected chi connectivity index (χ1v) is 9.06. The summed E-state index contributed by atoms with van der Waals surface area (Å²) in [5, 5.41) is 18.9. The third-order valence-corrected chi connectivity index (χ3v) is 4.78. The van der Waals surface area contributed by atoms with E-state index in [9.17, 15) is 18.3 Å². The van der Waals surface area contributed by atoms with Crippen LogP contribution in [-0.4, -0.2) is 46.0 Å². The maximum Gasteiger partial charge on any atom is 0.417 e. The van der Waals surface area contributed by atoms with Gasteiger partial charge in [-0.1, -0.05) is 17.7 Å². The molecule has 0 saturated carbocycles.